The Balaban J connectivity index is 2.02. The lowest BCUT2D eigenvalue weighted by Gasteiger charge is -2.09. The van der Waals surface area contributed by atoms with Crippen LogP contribution in [0.4, 0.5) is 0 Å². The molecule has 0 spiro atoms. The molecule has 7 heteroatoms. The summed E-state index contributed by atoms with van der Waals surface area (Å²) in [6.45, 7) is 3.63. The second-order valence-electron chi connectivity index (χ2n) is 5.95. The van der Waals surface area contributed by atoms with Gasteiger partial charge >= 0.3 is 11.9 Å². The smallest absolute Gasteiger partial charge is 0.338 e. The fourth-order valence-corrected chi connectivity index (χ4v) is 2.71. The Morgan fingerprint density at radius 2 is 1.81 bits per heavy atom. The number of nitriles is 1. The molecule has 0 radical (unpaired) electrons. The Labute approximate surface area is 157 Å². The normalized spacial score (nSPS) is 10.1. The monoisotopic (exact) mass is 368 g/mol. The summed E-state index contributed by atoms with van der Waals surface area (Å²) in [7, 11) is 1.33. The summed E-state index contributed by atoms with van der Waals surface area (Å²) >= 11 is 0. The minimum Gasteiger partial charge on any atom is -0.469 e. The van der Waals surface area contributed by atoms with Gasteiger partial charge in [0.1, 0.15) is 0 Å². The van der Waals surface area contributed by atoms with E-state index in [1.54, 1.807) is 13.0 Å². The molecule has 0 aliphatic carbocycles. The molecule has 1 heterocycles. The fraction of sp³-hybridized carbons (Fsp3) is 0.300. The summed E-state index contributed by atoms with van der Waals surface area (Å²) in [4.78, 5) is 35.8. The van der Waals surface area contributed by atoms with Gasteiger partial charge in [-0.05, 0) is 44.2 Å². The van der Waals surface area contributed by atoms with Crippen LogP contribution in [-0.4, -0.2) is 36.0 Å². The summed E-state index contributed by atoms with van der Waals surface area (Å²) in [5.41, 5.74) is 2.69. The number of ketones is 1. The number of hydrogen-bond donors (Lipinski definition) is 0. The van der Waals surface area contributed by atoms with Crippen molar-refractivity contribution in [1.82, 2.24) is 4.57 Å². The van der Waals surface area contributed by atoms with Crippen LogP contribution in [0.2, 0.25) is 0 Å². The summed E-state index contributed by atoms with van der Waals surface area (Å²) in [5, 5.41) is 8.76. The third-order valence-electron chi connectivity index (χ3n) is 4.23. The van der Waals surface area contributed by atoms with Gasteiger partial charge in [-0.15, -0.1) is 0 Å². The Hall–Kier alpha value is -3.40. The van der Waals surface area contributed by atoms with Crippen LogP contribution in [0.3, 0.4) is 0 Å². The van der Waals surface area contributed by atoms with Gasteiger partial charge < -0.3 is 14.0 Å². The molecular formula is C20H20N2O5. The van der Waals surface area contributed by atoms with Crippen molar-refractivity contribution in [2.45, 2.75) is 26.8 Å². The lowest BCUT2D eigenvalue weighted by atomic mass is 10.1. The Kier molecular flexibility index (Phi) is 6.50. The molecule has 0 bridgehead atoms. The molecule has 0 saturated heterocycles. The highest BCUT2D eigenvalue weighted by atomic mass is 16.5. The van der Waals surface area contributed by atoms with Gasteiger partial charge in [-0.2, -0.15) is 5.26 Å². The first-order chi connectivity index (χ1) is 12.9. The lowest BCUT2D eigenvalue weighted by Crippen LogP contribution is -2.15. The number of esters is 2. The van der Waals surface area contributed by atoms with Crippen molar-refractivity contribution >= 4 is 17.7 Å². The average Bonchev–Trinajstić information content (AvgIpc) is 2.97. The van der Waals surface area contributed by atoms with Crippen LogP contribution >= 0.6 is 0 Å². The maximum Gasteiger partial charge on any atom is 0.338 e. The first-order valence-corrected chi connectivity index (χ1v) is 8.31. The van der Waals surface area contributed by atoms with E-state index in [-0.39, 0.29) is 30.3 Å². The van der Waals surface area contributed by atoms with Gasteiger partial charge in [0.25, 0.3) is 0 Å². The average molecular weight is 368 g/mol. The van der Waals surface area contributed by atoms with E-state index in [2.05, 4.69) is 4.74 Å². The third-order valence-corrected chi connectivity index (χ3v) is 4.23. The number of aryl methyl sites for hydroxylation is 1. The van der Waals surface area contributed by atoms with Crippen LogP contribution in [0, 0.1) is 25.2 Å². The zero-order chi connectivity index (χ0) is 20.0. The Morgan fingerprint density at radius 3 is 2.41 bits per heavy atom. The predicted molar refractivity (Wildman–Crippen MR) is 96.3 cm³/mol. The van der Waals surface area contributed by atoms with Crippen molar-refractivity contribution < 1.29 is 23.9 Å². The second-order valence-corrected chi connectivity index (χ2v) is 5.95. The number of benzene rings is 1. The summed E-state index contributed by atoms with van der Waals surface area (Å²) in [6.07, 6.45) is 0.203. The summed E-state index contributed by atoms with van der Waals surface area (Å²) in [6, 6.07) is 9.64. The molecule has 0 fully saturated rings. The van der Waals surface area contributed by atoms with Crippen molar-refractivity contribution in [3.8, 4) is 6.07 Å². The van der Waals surface area contributed by atoms with Gasteiger partial charge in [0.2, 0.25) is 5.78 Å². The number of ether oxygens (including phenoxy) is 2. The number of hydrogen-bond acceptors (Lipinski definition) is 6. The zero-order valence-corrected chi connectivity index (χ0v) is 15.4. The van der Waals surface area contributed by atoms with E-state index < -0.39 is 5.97 Å². The minimum atomic E-state index is -0.632. The molecule has 1 aromatic heterocycles. The number of nitrogens with zero attached hydrogens (tertiary/aromatic N) is 2. The standard InChI is InChI=1S/C20H20N2O5/c1-13-10-17(14(2)22(13)9-8-19(24)26-3)18(23)12-27-20(25)16-6-4-15(11-21)5-7-16/h4-7,10H,8-9,12H2,1-3H3. The van der Waals surface area contributed by atoms with Crippen LogP contribution < -0.4 is 0 Å². The van der Waals surface area contributed by atoms with Crippen molar-refractivity contribution in [2.24, 2.45) is 0 Å². The molecule has 140 valence electrons. The quantitative estimate of drug-likeness (QED) is 0.550. The number of methoxy groups -OCH3 is 1. The maximum absolute atomic E-state index is 12.4. The molecule has 0 unspecified atom stereocenters. The first-order valence-electron chi connectivity index (χ1n) is 8.31. The van der Waals surface area contributed by atoms with Crippen molar-refractivity contribution in [3.63, 3.8) is 0 Å². The number of Topliss-reactive ketones (excluding diaryl/α,β-unsaturated/α-hetero) is 1. The van der Waals surface area contributed by atoms with E-state index in [1.165, 1.54) is 31.4 Å². The number of rotatable bonds is 7. The van der Waals surface area contributed by atoms with Crippen LogP contribution in [0.15, 0.2) is 30.3 Å². The summed E-state index contributed by atoms with van der Waals surface area (Å²) < 4.78 is 11.6. The van der Waals surface area contributed by atoms with Crippen LogP contribution in [0.1, 0.15) is 44.1 Å². The van der Waals surface area contributed by atoms with E-state index in [9.17, 15) is 14.4 Å². The SMILES string of the molecule is COC(=O)CCn1c(C)cc(C(=O)COC(=O)c2ccc(C#N)cc2)c1C. The highest BCUT2D eigenvalue weighted by molar-refractivity contribution is 6.00. The zero-order valence-electron chi connectivity index (χ0n) is 15.4. The molecule has 0 amide bonds. The molecule has 0 atom stereocenters. The molecule has 0 aliphatic rings. The first kappa shape index (κ1) is 19.9. The van der Waals surface area contributed by atoms with Crippen LogP contribution in [0.5, 0.6) is 0 Å². The van der Waals surface area contributed by atoms with Gasteiger partial charge in [-0.1, -0.05) is 0 Å². The Morgan fingerprint density at radius 1 is 1.15 bits per heavy atom. The van der Waals surface area contributed by atoms with Gasteiger partial charge in [0, 0.05) is 23.5 Å². The number of carbonyl (C=O) groups is 3. The fourth-order valence-electron chi connectivity index (χ4n) is 2.71. The lowest BCUT2D eigenvalue weighted by molar-refractivity contribution is -0.140. The van der Waals surface area contributed by atoms with E-state index in [4.69, 9.17) is 10.00 Å². The van der Waals surface area contributed by atoms with Gasteiger partial charge in [0.15, 0.2) is 6.61 Å². The minimum absolute atomic E-state index is 0.203. The van der Waals surface area contributed by atoms with Crippen molar-refractivity contribution in [1.29, 1.82) is 5.26 Å². The number of aromatic nitrogens is 1. The molecule has 1 aromatic carbocycles. The number of carbonyl (C=O) groups excluding carboxylic acids is 3. The van der Waals surface area contributed by atoms with E-state index >= 15 is 0 Å². The maximum atomic E-state index is 12.4. The van der Waals surface area contributed by atoms with Crippen LogP contribution in [-0.2, 0) is 20.8 Å². The molecular weight excluding hydrogens is 348 g/mol. The van der Waals surface area contributed by atoms with E-state index in [1.807, 2.05) is 17.6 Å². The van der Waals surface area contributed by atoms with E-state index in [0.29, 0.717) is 23.4 Å². The summed E-state index contributed by atoms with van der Waals surface area (Å²) in [5.74, 6) is -1.28. The molecule has 0 saturated carbocycles. The van der Waals surface area contributed by atoms with Crippen molar-refractivity contribution in [3.05, 3.63) is 58.4 Å². The Bertz CT molecular complexity index is 904. The van der Waals surface area contributed by atoms with Gasteiger partial charge in [-0.3, -0.25) is 9.59 Å². The van der Waals surface area contributed by atoms with Gasteiger partial charge in [-0.25, -0.2) is 4.79 Å². The molecule has 27 heavy (non-hydrogen) atoms. The van der Waals surface area contributed by atoms with E-state index in [0.717, 1.165) is 5.69 Å². The molecule has 0 aliphatic heterocycles. The van der Waals surface area contributed by atoms with Crippen molar-refractivity contribution in [2.75, 3.05) is 13.7 Å². The topological polar surface area (TPSA) is 98.4 Å². The molecule has 2 aromatic rings. The predicted octanol–water partition coefficient (Wildman–Crippen LogP) is 2.58. The highest BCUT2D eigenvalue weighted by Gasteiger charge is 2.18. The molecule has 0 N–H and O–H groups in total. The van der Waals surface area contributed by atoms with Crippen LogP contribution in [0.25, 0.3) is 0 Å². The largest absolute Gasteiger partial charge is 0.469 e. The van der Waals surface area contributed by atoms with Gasteiger partial charge in [0.05, 0.1) is 30.7 Å². The molecule has 2 rings (SSSR count). The molecule has 7 nitrogen and oxygen atoms in total. The highest BCUT2D eigenvalue weighted by Crippen LogP contribution is 2.17. The third kappa shape index (κ3) is 4.82. The second kappa shape index (κ2) is 8.81.